The smallest absolute Gasteiger partial charge is 0.202 e. The fraction of sp³-hybridized carbons (Fsp3) is 0.333. The van der Waals surface area contributed by atoms with E-state index < -0.39 is 5.62 Å². The Morgan fingerprint density at radius 3 is 2.96 bits per heavy atom. The van der Waals surface area contributed by atoms with Crippen molar-refractivity contribution in [3.05, 3.63) is 53.9 Å². The van der Waals surface area contributed by atoms with Gasteiger partial charge in [0.1, 0.15) is 5.75 Å². The maximum atomic E-state index is 6.17. The minimum atomic E-state index is -0.448. The molecule has 1 N–H and O–H groups in total. The molecule has 126 valence electrons. The molecule has 0 saturated carbocycles. The van der Waals surface area contributed by atoms with Gasteiger partial charge in [-0.2, -0.15) is 5.10 Å². The van der Waals surface area contributed by atoms with Crippen LogP contribution in [0.1, 0.15) is 25.1 Å². The van der Waals surface area contributed by atoms with E-state index in [0.29, 0.717) is 0 Å². The van der Waals surface area contributed by atoms with E-state index in [9.17, 15) is 0 Å². The standard InChI is InChI=1S/C18H21ClN4O/c1-13(2)24-16-6-3-5-14(11-16)7-8-15-12-17(22-21-15)23-10-4-9-20-18(23)19/h3-6,9-13,18H,7-8H2,1-2H3,(H,21,22). The Balaban J connectivity index is 1.61. The summed E-state index contributed by atoms with van der Waals surface area (Å²) >= 11 is 6.17. The molecule has 0 bridgehead atoms. The molecule has 1 aromatic carbocycles. The minimum Gasteiger partial charge on any atom is -0.491 e. The summed E-state index contributed by atoms with van der Waals surface area (Å²) in [5.74, 6) is 1.68. The van der Waals surface area contributed by atoms with E-state index in [1.165, 1.54) is 5.56 Å². The van der Waals surface area contributed by atoms with Gasteiger partial charge in [-0.15, -0.1) is 0 Å². The molecule has 2 aromatic rings. The van der Waals surface area contributed by atoms with Gasteiger partial charge in [0.2, 0.25) is 5.62 Å². The third kappa shape index (κ3) is 4.17. The first-order chi connectivity index (χ1) is 11.6. The Morgan fingerprint density at radius 2 is 2.17 bits per heavy atom. The lowest BCUT2D eigenvalue weighted by Crippen LogP contribution is -2.26. The average Bonchev–Trinajstić information content (AvgIpc) is 3.02. The number of alkyl halides is 1. The maximum Gasteiger partial charge on any atom is 0.202 e. The molecule has 0 saturated heterocycles. The molecule has 5 nitrogen and oxygen atoms in total. The molecule has 6 heteroatoms. The second kappa shape index (κ2) is 7.53. The van der Waals surface area contributed by atoms with Crippen molar-refractivity contribution in [2.75, 3.05) is 4.90 Å². The second-order valence-electron chi connectivity index (χ2n) is 5.92. The lowest BCUT2D eigenvalue weighted by atomic mass is 10.1. The number of hydrogen-bond acceptors (Lipinski definition) is 4. The number of anilines is 1. The van der Waals surface area contributed by atoms with E-state index in [4.69, 9.17) is 16.3 Å². The SMILES string of the molecule is CC(C)Oc1cccc(CCc2cc(N3C=CC=NC3Cl)n[nH]2)c1. The molecule has 0 aliphatic carbocycles. The maximum absolute atomic E-state index is 6.17. The van der Waals surface area contributed by atoms with Crippen molar-refractivity contribution in [3.8, 4) is 5.75 Å². The van der Waals surface area contributed by atoms with Crippen LogP contribution in [0.3, 0.4) is 0 Å². The zero-order valence-electron chi connectivity index (χ0n) is 13.8. The molecule has 24 heavy (non-hydrogen) atoms. The molecule has 0 spiro atoms. The highest BCUT2D eigenvalue weighted by Crippen LogP contribution is 2.22. The predicted octanol–water partition coefficient (Wildman–Crippen LogP) is 3.91. The Kier molecular flexibility index (Phi) is 5.20. The number of aromatic nitrogens is 2. The van der Waals surface area contributed by atoms with E-state index in [0.717, 1.165) is 30.1 Å². The number of ether oxygens (including phenoxy) is 1. The third-order valence-electron chi connectivity index (χ3n) is 3.61. The molecule has 0 radical (unpaired) electrons. The van der Waals surface area contributed by atoms with Gasteiger partial charge in [0.05, 0.1) is 6.10 Å². The number of aryl methyl sites for hydroxylation is 2. The van der Waals surface area contributed by atoms with E-state index in [2.05, 4.69) is 27.3 Å². The van der Waals surface area contributed by atoms with Crippen molar-refractivity contribution >= 4 is 23.6 Å². The van der Waals surface area contributed by atoms with Crippen LogP contribution in [0.4, 0.5) is 5.82 Å². The van der Waals surface area contributed by atoms with Gasteiger partial charge in [-0.05, 0) is 50.5 Å². The normalized spacial score (nSPS) is 16.8. The van der Waals surface area contributed by atoms with Gasteiger partial charge in [0.15, 0.2) is 5.82 Å². The van der Waals surface area contributed by atoms with Crippen LogP contribution in [-0.2, 0) is 12.8 Å². The second-order valence-corrected chi connectivity index (χ2v) is 6.31. The summed E-state index contributed by atoms with van der Waals surface area (Å²) in [6.07, 6.45) is 7.36. The average molecular weight is 345 g/mol. The number of halogens is 1. The van der Waals surface area contributed by atoms with E-state index in [-0.39, 0.29) is 6.10 Å². The highest BCUT2D eigenvalue weighted by atomic mass is 35.5. The largest absolute Gasteiger partial charge is 0.491 e. The molecule has 0 amide bonds. The van der Waals surface area contributed by atoms with Crippen molar-refractivity contribution in [2.24, 2.45) is 4.99 Å². The van der Waals surface area contributed by atoms with Crippen molar-refractivity contribution in [1.29, 1.82) is 0 Å². The quantitative estimate of drug-likeness (QED) is 0.638. The van der Waals surface area contributed by atoms with Gasteiger partial charge < -0.3 is 4.74 Å². The first kappa shape index (κ1) is 16.6. The lowest BCUT2D eigenvalue weighted by Gasteiger charge is -2.21. The van der Waals surface area contributed by atoms with Crippen molar-refractivity contribution in [2.45, 2.75) is 38.4 Å². The summed E-state index contributed by atoms with van der Waals surface area (Å²) in [7, 11) is 0. The molecule has 1 aliphatic rings. The van der Waals surface area contributed by atoms with Gasteiger partial charge in [0, 0.05) is 24.2 Å². The zero-order chi connectivity index (χ0) is 16.9. The van der Waals surface area contributed by atoms with Crippen LogP contribution >= 0.6 is 11.6 Å². The Morgan fingerprint density at radius 1 is 1.29 bits per heavy atom. The molecule has 1 atom stereocenters. The fourth-order valence-electron chi connectivity index (χ4n) is 2.52. The molecule has 1 aliphatic heterocycles. The van der Waals surface area contributed by atoms with Crippen LogP contribution in [0.15, 0.2) is 47.6 Å². The van der Waals surface area contributed by atoms with Crippen molar-refractivity contribution in [3.63, 3.8) is 0 Å². The number of benzene rings is 1. The van der Waals surface area contributed by atoms with Gasteiger partial charge in [0.25, 0.3) is 0 Å². The fourth-order valence-corrected chi connectivity index (χ4v) is 2.75. The minimum absolute atomic E-state index is 0.180. The van der Waals surface area contributed by atoms with E-state index in [1.807, 2.05) is 49.2 Å². The van der Waals surface area contributed by atoms with Gasteiger partial charge in [-0.25, -0.2) is 0 Å². The van der Waals surface area contributed by atoms with Crippen LogP contribution in [0.5, 0.6) is 5.75 Å². The number of aliphatic imine (C=N–C) groups is 1. The molecule has 2 heterocycles. The summed E-state index contributed by atoms with van der Waals surface area (Å²) in [6.45, 7) is 4.06. The lowest BCUT2D eigenvalue weighted by molar-refractivity contribution is 0.242. The van der Waals surface area contributed by atoms with E-state index >= 15 is 0 Å². The van der Waals surface area contributed by atoms with Gasteiger partial charge >= 0.3 is 0 Å². The molecular weight excluding hydrogens is 324 g/mol. The molecular formula is C18H21ClN4O. The number of nitrogens with one attached hydrogen (secondary N) is 1. The van der Waals surface area contributed by atoms with Crippen LogP contribution in [-0.4, -0.2) is 28.1 Å². The van der Waals surface area contributed by atoms with Crippen molar-refractivity contribution < 1.29 is 4.74 Å². The van der Waals surface area contributed by atoms with Gasteiger partial charge in [-0.1, -0.05) is 23.7 Å². The van der Waals surface area contributed by atoms with Gasteiger partial charge in [-0.3, -0.25) is 15.0 Å². The highest BCUT2D eigenvalue weighted by molar-refractivity contribution is 6.22. The van der Waals surface area contributed by atoms with E-state index in [1.54, 1.807) is 6.21 Å². The summed E-state index contributed by atoms with van der Waals surface area (Å²) in [6, 6.07) is 10.2. The number of allylic oxidation sites excluding steroid dienone is 1. The Labute approximate surface area is 147 Å². The number of H-pyrrole nitrogens is 1. The summed E-state index contributed by atoms with van der Waals surface area (Å²) in [4.78, 5) is 5.95. The zero-order valence-corrected chi connectivity index (χ0v) is 14.6. The number of rotatable bonds is 6. The first-order valence-electron chi connectivity index (χ1n) is 8.04. The predicted molar refractivity (Wildman–Crippen MR) is 98.0 cm³/mol. The van der Waals surface area contributed by atoms with Crippen LogP contribution in [0.2, 0.25) is 0 Å². The molecule has 3 rings (SSSR count). The number of aromatic amines is 1. The van der Waals surface area contributed by atoms with Crippen LogP contribution in [0, 0.1) is 0 Å². The summed E-state index contributed by atoms with van der Waals surface area (Å²) in [5.41, 5.74) is 1.85. The monoisotopic (exact) mass is 344 g/mol. The molecule has 1 unspecified atom stereocenters. The molecule has 1 aromatic heterocycles. The number of nitrogens with zero attached hydrogens (tertiary/aromatic N) is 3. The number of hydrogen-bond donors (Lipinski definition) is 1. The van der Waals surface area contributed by atoms with Crippen LogP contribution in [0.25, 0.3) is 0 Å². The Hall–Kier alpha value is -2.27. The highest BCUT2D eigenvalue weighted by Gasteiger charge is 2.17. The van der Waals surface area contributed by atoms with Crippen molar-refractivity contribution in [1.82, 2.24) is 10.2 Å². The molecule has 0 fully saturated rings. The van der Waals surface area contributed by atoms with Crippen LogP contribution < -0.4 is 9.64 Å². The third-order valence-corrected chi connectivity index (χ3v) is 3.93. The summed E-state index contributed by atoms with van der Waals surface area (Å²) < 4.78 is 5.74. The Bertz CT molecular complexity index is 738. The topological polar surface area (TPSA) is 53.5 Å². The summed E-state index contributed by atoms with van der Waals surface area (Å²) in [5, 5.41) is 7.40. The first-order valence-corrected chi connectivity index (χ1v) is 8.48.